The number of carbonyl (C=O) groups is 1. The molecule has 0 saturated carbocycles. The van der Waals surface area contributed by atoms with E-state index in [1.54, 1.807) is 0 Å². The Balaban J connectivity index is 1.92. The van der Waals surface area contributed by atoms with E-state index in [4.69, 9.17) is 0 Å². The summed E-state index contributed by atoms with van der Waals surface area (Å²) < 4.78 is 0. The predicted molar refractivity (Wildman–Crippen MR) is 86.6 cm³/mol. The lowest BCUT2D eigenvalue weighted by molar-refractivity contribution is 0.103. The van der Waals surface area contributed by atoms with Crippen LogP contribution in [0.2, 0.25) is 0 Å². The number of rotatable bonds is 2. The predicted octanol–water partition coefficient (Wildman–Crippen LogP) is 4.23. The van der Waals surface area contributed by atoms with Gasteiger partial charge in [-0.3, -0.25) is 4.79 Å². The molecule has 1 aliphatic carbocycles. The van der Waals surface area contributed by atoms with Crippen molar-refractivity contribution in [1.29, 1.82) is 0 Å². The Bertz CT molecular complexity index is 673. The van der Waals surface area contributed by atoms with Gasteiger partial charge in [0.15, 0.2) is 5.78 Å². The molecule has 0 bridgehead atoms. The monoisotopic (exact) mass is 277 g/mol. The molecule has 0 aliphatic heterocycles. The average Bonchev–Trinajstić information content (AvgIpc) is 2.69. The Hall–Kier alpha value is -2.35. The molecule has 0 spiro atoms. The minimum absolute atomic E-state index is 0.172. The number of benzene rings is 2. The molecule has 2 nitrogen and oxygen atoms in total. The van der Waals surface area contributed by atoms with Crippen LogP contribution in [0.15, 0.2) is 66.4 Å². The summed E-state index contributed by atoms with van der Waals surface area (Å²) in [5, 5.41) is 0. The maximum absolute atomic E-state index is 12.7. The number of ketones is 1. The molecular formula is C19H19NO. The van der Waals surface area contributed by atoms with Gasteiger partial charge in [0.2, 0.25) is 0 Å². The van der Waals surface area contributed by atoms with Crippen molar-refractivity contribution < 1.29 is 4.79 Å². The highest BCUT2D eigenvalue weighted by Gasteiger charge is 2.19. The van der Waals surface area contributed by atoms with Crippen molar-refractivity contribution in [1.82, 2.24) is 0 Å². The third-order valence-corrected chi connectivity index (χ3v) is 3.96. The first kappa shape index (κ1) is 13.6. The van der Waals surface area contributed by atoms with Gasteiger partial charge in [-0.05, 0) is 37.0 Å². The number of Topliss-reactive ketones (excluding diaryl/α,β-unsaturated/α-hetero) is 1. The van der Waals surface area contributed by atoms with E-state index in [-0.39, 0.29) is 5.78 Å². The first-order chi connectivity index (χ1) is 10.3. The molecule has 0 atom stereocenters. The summed E-state index contributed by atoms with van der Waals surface area (Å²) >= 11 is 0. The highest BCUT2D eigenvalue weighted by Crippen LogP contribution is 2.25. The van der Waals surface area contributed by atoms with E-state index < -0.39 is 0 Å². The number of anilines is 1. The molecule has 0 amide bonds. The van der Waals surface area contributed by atoms with E-state index in [0.717, 1.165) is 36.1 Å². The number of allylic oxidation sites excluding steroid dienone is 1. The van der Waals surface area contributed by atoms with Gasteiger partial charge < -0.3 is 4.90 Å². The SMILES string of the molecule is CN(/C=C1\CCCc2ccccc2C1=O)c1ccccc1. The number of para-hydroxylation sites is 1. The Kier molecular flexibility index (Phi) is 3.87. The Morgan fingerprint density at radius 1 is 0.952 bits per heavy atom. The molecule has 21 heavy (non-hydrogen) atoms. The van der Waals surface area contributed by atoms with Gasteiger partial charge in [0.25, 0.3) is 0 Å². The minimum Gasteiger partial charge on any atom is -0.351 e. The van der Waals surface area contributed by atoms with Gasteiger partial charge in [-0.1, -0.05) is 42.5 Å². The maximum Gasteiger partial charge on any atom is 0.190 e. The van der Waals surface area contributed by atoms with Crippen LogP contribution in [0.1, 0.15) is 28.8 Å². The van der Waals surface area contributed by atoms with Gasteiger partial charge in [0.05, 0.1) is 0 Å². The van der Waals surface area contributed by atoms with Crippen LogP contribution < -0.4 is 4.90 Å². The molecule has 2 heteroatoms. The molecule has 0 N–H and O–H groups in total. The zero-order valence-electron chi connectivity index (χ0n) is 12.3. The zero-order valence-corrected chi connectivity index (χ0v) is 12.3. The van der Waals surface area contributed by atoms with Crippen LogP contribution in [0.4, 0.5) is 5.69 Å². The summed E-state index contributed by atoms with van der Waals surface area (Å²) in [5.74, 6) is 0.172. The van der Waals surface area contributed by atoms with Crippen LogP contribution in [-0.4, -0.2) is 12.8 Å². The second-order valence-electron chi connectivity index (χ2n) is 5.44. The van der Waals surface area contributed by atoms with Crippen molar-refractivity contribution in [2.45, 2.75) is 19.3 Å². The maximum atomic E-state index is 12.7. The summed E-state index contributed by atoms with van der Waals surface area (Å²) in [6.45, 7) is 0. The average molecular weight is 277 g/mol. The first-order valence-electron chi connectivity index (χ1n) is 7.37. The van der Waals surface area contributed by atoms with Gasteiger partial charge in [-0.2, -0.15) is 0 Å². The van der Waals surface area contributed by atoms with Crippen LogP contribution in [0.3, 0.4) is 0 Å². The number of hydrogen-bond donors (Lipinski definition) is 0. The number of carbonyl (C=O) groups excluding carboxylic acids is 1. The van der Waals surface area contributed by atoms with Gasteiger partial charge in [-0.15, -0.1) is 0 Å². The molecule has 2 aromatic rings. The fourth-order valence-corrected chi connectivity index (χ4v) is 2.81. The normalized spacial score (nSPS) is 16.4. The molecule has 1 aliphatic rings. The first-order valence-corrected chi connectivity index (χ1v) is 7.37. The standard InChI is InChI=1S/C19H19NO/c1-20(17-11-3-2-4-12-17)14-16-10-7-9-15-8-5-6-13-18(15)19(16)21/h2-6,8,11-14H,7,9-10H2,1H3/b16-14+. The van der Waals surface area contributed by atoms with Crippen molar-refractivity contribution in [3.63, 3.8) is 0 Å². The lowest BCUT2D eigenvalue weighted by Crippen LogP contribution is -2.13. The van der Waals surface area contributed by atoms with Crippen molar-refractivity contribution in [3.05, 3.63) is 77.5 Å². The van der Waals surface area contributed by atoms with E-state index >= 15 is 0 Å². The minimum atomic E-state index is 0.172. The van der Waals surface area contributed by atoms with Crippen LogP contribution >= 0.6 is 0 Å². The third kappa shape index (κ3) is 2.89. The third-order valence-electron chi connectivity index (χ3n) is 3.96. The molecule has 0 radical (unpaired) electrons. The molecule has 106 valence electrons. The lowest BCUT2D eigenvalue weighted by Gasteiger charge is -2.16. The van der Waals surface area contributed by atoms with Crippen LogP contribution in [0.5, 0.6) is 0 Å². The quantitative estimate of drug-likeness (QED) is 0.605. The lowest BCUT2D eigenvalue weighted by atomic mass is 10.0. The molecule has 0 heterocycles. The van der Waals surface area contributed by atoms with Gasteiger partial charge in [-0.25, -0.2) is 0 Å². The summed E-state index contributed by atoms with van der Waals surface area (Å²) in [6.07, 6.45) is 4.83. The molecule has 0 fully saturated rings. The van der Waals surface area contributed by atoms with Crippen molar-refractivity contribution in [3.8, 4) is 0 Å². The largest absolute Gasteiger partial charge is 0.351 e. The summed E-state index contributed by atoms with van der Waals surface area (Å²) in [6, 6.07) is 18.1. The van der Waals surface area contributed by atoms with Crippen molar-refractivity contribution >= 4 is 11.5 Å². The Labute approximate surface area is 125 Å². The second kappa shape index (κ2) is 5.96. The van der Waals surface area contributed by atoms with Gasteiger partial charge in [0, 0.05) is 30.1 Å². The molecular weight excluding hydrogens is 258 g/mol. The highest BCUT2D eigenvalue weighted by atomic mass is 16.1. The number of hydrogen-bond acceptors (Lipinski definition) is 2. The van der Waals surface area contributed by atoms with Gasteiger partial charge >= 0.3 is 0 Å². The van der Waals surface area contributed by atoms with E-state index in [1.807, 2.05) is 66.7 Å². The molecule has 0 aromatic heterocycles. The number of fused-ring (bicyclic) bond motifs is 1. The summed E-state index contributed by atoms with van der Waals surface area (Å²) in [7, 11) is 1.99. The fraction of sp³-hybridized carbons (Fsp3) is 0.211. The topological polar surface area (TPSA) is 20.3 Å². The molecule has 0 unspecified atom stereocenters. The zero-order chi connectivity index (χ0) is 14.7. The van der Waals surface area contributed by atoms with E-state index in [0.29, 0.717) is 0 Å². The van der Waals surface area contributed by atoms with E-state index in [1.165, 1.54) is 5.56 Å². The smallest absolute Gasteiger partial charge is 0.190 e. The van der Waals surface area contributed by atoms with E-state index in [2.05, 4.69) is 6.07 Å². The van der Waals surface area contributed by atoms with Crippen LogP contribution in [-0.2, 0) is 6.42 Å². The van der Waals surface area contributed by atoms with Crippen molar-refractivity contribution in [2.75, 3.05) is 11.9 Å². The summed E-state index contributed by atoms with van der Waals surface area (Å²) in [4.78, 5) is 14.7. The highest BCUT2D eigenvalue weighted by molar-refractivity contribution is 6.10. The molecule has 3 rings (SSSR count). The number of nitrogens with zero attached hydrogens (tertiary/aromatic N) is 1. The molecule has 0 saturated heterocycles. The Morgan fingerprint density at radius 2 is 1.67 bits per heavy atom. The Morgan fingerprint density at radius 3 is 2.48 bits per heavy atom. The summed E-state index contributed by atoms with van der Waals surface area (Å²) in [5.41, 5.74) is 4.03. The van der Waals surface area contributed by atoms with Gasteiger partial charge in [0.1, 0.15) is 0 Å². The number of aryl methyl sites for hydroxylation is 1. The van der Waals surface area contributed by atoms with Crippen LogP contribution in [0, 0.1) is 0 Å². The second-order valence-corrected chi connectivity index (χ2v) is 5.44. The fourth-order valence-electron chi connectivity index (χ4n) is 2.81. The van der Waals surface area contributed by atoms with E-state index in [9.17, 15) is 4.79 Å². The van der Waals surface area contributed by atoms with Crippen molar-refractivity contribution in [2.24, 2.45) is 0 Å². The van der Waals surface area contributed by atoms with Crippen LogP contribution in [0.25, 0.3) is 0 Å². The molecule has 2 aromatic carbocycles.